The second-order valence-corrected chi connectivity index (χ2v) is 9.59. The number of aliphatic hydroxyl groups is 2. The van der Waals surface area contributed by atoms with Crippen LogP contribution in [-0.4, -0.2) is 33.9 Å². The number of nitrogens with one attached hydrogen (secondary N) is 1. The summed E-state index contributed by atoms with van der Waals surface area (Å²) in [4.78, 5) is 4.05. The molecule has 0 bridgehead atoms. The van der Waals surface area contributed by atoms with Crippen molar-refractivity contribution in [2.24, 2.45) is 23.7 Å². The topological polar surface area (TPSA) is 65.4 Å². The van der Waals surface area contributed by atoms with E-state index in [1.54, 1.807) is 5.57 Å². The van der Waals surface area contributed by atoms with Crippen molar-refractivity contribution in [3.05, 3.63) is 53.9 Å². The van der Waals surface area contributed by atoms with Crippen LogP contribution in [0.3, 0.4) is 0 Å². The Balaban J connectivity index is 1.37. The number of unbranched alkanes of at least 4 members (excludes halogenated alkanes) is 2. The third-order valence-corrected chi connectivity index (χ3v) is 7.14. The molecule has 1 aromatic heterocycles. The molecule has 3 rings (SSSR count). The Bertz CT molecular complexity index is 808. The number of aliphatic hydroxyl groups excluding tert-OH is 2. The molecule has 0 spiro atoms. The number of rotatable bonds is 11. The average Bonchev–Trinajstić information content (AvgIpc) is 3.32. The van der Waals surface area contributed by atoms with Crippen molar-refractivity contribution in [2.45, 2.75) is 77.5 Å². The number of aromatic nitrogens is 1. The minimum atomic E-state index is -0.495. The SMILES string of the molecule is CC#CC[C@@H](C)[C@H](O)C=C[C@@H]1[C@H]2CC(=CCCCCNCc3ccncc3)C[C@H]2C[C@H]1O. The molecule has 32 heavy (non-hydrogen) atoms. The molecule has 0 unspecified atom stereocenters. The van der Waals surface area contributed by atoms with Crippen LogP contribution in [0.2, 0.25) is 0 Å². The summed E-state index contributed by atoms with van der Waals surface area (Å²) in [5.41, 5.74) is 2.85. The van der Waals surface area contributed by atoms with Crippen molar-refractivity contribution in [1.29, 1.82) is 0 Å². The van der Waals surface area contributed by atoms with E-state index in [0.29, 0.717) is 18.3 Å². The molecule has 3 N–H and O–H groups in total. The molecule has 1 heterocycles. The first-order valence-corrected chi connectivity index (χ1v) is 12.3. The molecule has 2 aliphatic rings. The van der Waals surface area contributed by atoms with E-state index in [0.717, 1.165) is 38.8 Å². The van der Waals surface area contributed by atoms with Crippen LogP contribution in [0.4, 0.5) is 0 Å². The molecule has 174 valence electrons. The number of hydrogen-bond donors (Lipinski definition) is 3. The van der Waals surface area contributed by atoms with Gasteiger partial charge in [0.2, 0.25) is 0 Å². The van der Waals surface area contributed by atoms with Gasteiger partial charge in [0, 0.05) is 31.3 Å². The lowest BCUT2D eigenvalue weighted by Gasteiger charge is -2.19. The van der Waals surface area contributed by atoms with Gasteiger partial charge >= 0.3 is 0 Å². The fourth-order valence-corrected chi connectivity index (χ4v) is 5.19. The lowest BCUT2D eigenvalue weighted by Crippen LogP contribution is -2.19. The van der Waals surface area contributed by atoms with Gasteiger partial charge in [-0.3, -0.25) is 4.98 Å². The Morgan fingerprint density at radius 3 is 2.84 bits per heavy atom. The van der Waals surface area contributed by atoms with Gasteiger partial charge in [-0.1, -0.05) is 30.7 Å². The molecular weight excluding hydrogens is 396 g/mol. The summed E-state index contributed by atoms with van der Waals surface area (Å²) < 4.78 is 0. The van der Waals surface area contributed by atoms with Crippen LogP contribution in [0.1, 0.15) is 64.4 Å². The summed E-state index contributed by atoms with van der Waals surface area (Å²) in [5, 5.41) is 24.5. The van der Waals surface area contributed by atoms with Gasteiger partial charge in [-0.05, 0) is 87.4 Å². The highest BCUT2D eigenvalue weighted by Crippen LogP contribution is 2.50. The lowest BCUT2D eigenvalue weighted by atomic mass is 9.89. The van der Waals surface area contributed by atoms with Gasteiger partial charge < -0.3 is 15.5 Å². The van der Waals surface area contributed by atoms with Crippen molar-refractivity contribution in [1.82, 2.24) is 10.3 Å². The maximum absolute atomic E-state index is 10.6. The van der Waals surface area contributed by atoms with Crippen LogP contribution in [0.25, 0.3) is 0 Å². The quantitative estimate of drug-likeness (QED) is 0.269. The molecule has 4 heteroatoms. The molecule has 0 saturated heterocycles. The standard InChI is InChI=1S/C28H40N2O2/c1-3-4-8-21(2)27(31)11-10-25-26-18-23(17-24(26)19-28(25)32)9-6-5-7-14-30-20-22-12-15-29-16-13-22/h9-13,15-16,21,24-28,30-32H,5-8,14,17-20H2,1-2H3/t21-,24+,25-,26+,27-,28-/m1/s1. The first-order valence-electron chi connectivity index (χ1n) is 12.3. The molecule has 0 aliphatic heterocycles. The van der Waals surface area contributed by atoms with Crippen molar-refractivity contribution >= 4 is 0 Å². The van der Waals surface area contributed by atoms with E-state index in [-0.39, 0.29) is 17.9 Å². The lowest BCUT2D eigenvalue weighted by molar-refractivity contribution is 0.137. The smallest absolute Gasteiger partial charge is 0.0755 e. The van der Waals surface area contributed by atoms with Gasteiger partial charge in [0.15, 0.2) is 0 Å². The van der Waals surface area contributed by atoms with Crippen LogP contribution in [0, 0.1) is 35.5 Å². The normalized spacial score (nSPS) is 27.9. The van der Waals surface area contributed by atoms with Crippen LogP contribution < -0.4 is 5.32 Å². The molecule has 6 atom stereocenters. The molecule has 1 aromatic rings. The number of fused-ring (bicyclic) bond motifs is 1. The Labute approximate surface area is 194 Å². The van der Waals surface area contributed by atoms with E-state index >= 15 is 0 Å². The molecule has 2 fully saturated rings. The largest absolute Gasteiger partial charge is 0.392 e. The van der Waals surface area contributed by atoms with E-state index in [4.69, 9.17) is 0 Å². The molecule has 4 nitrogen and oxygen atoms in total. The third-order valence-electron chi connectivity index (χ3n) is 7.14. The third kappa shape index (κ3) is 7.30. The van der Waals surface area contributed by atoms with Gasteiger partial charge in [-0.2, -0.15) is 0 Å². The summed E-state index contributed by atoms with van der Waals surface area (Å²) in [6.07, 6.45) is 16.7. The van der Waals surface area contributed by atoms with Gasteiger partial charge in [-0.15, -0.1) is 11.8 Å². The highest BCUT2D eigenvalue weighted by molar-refractivity contribution is 5.18. The highest BCUT2D eigenvalue weighted by Gasteiger charge is 2.44. The predicted octanol–water partition coefficient (Wildman–Crippen LogP) is 4.64. The molecule has 0 radical (unpaired) electrons. The van der Waals surface area contributed by atoms with Crippen molar-refractivity contribution in [3.8, 4) is 11.8 Å². The zero-order chi connectivity index (χ0) is 22.8. The maximum Gasteiger partial charge on any atom is 0.0755 e. The fraction of sp³-hybridized carbons (Fsp3) is 0.607. The van der Waals surface area contributed by atoms with E-state index in [9.17, 15) is 10.2 Å². The summed E-state index contributed by atoms with van der Waals surface area (Å²) in [5.74, 6) is 7.34. The summed E-state index contributed by atoms with van der Waals surface area (Å²) >= 11 is 0. The average molecular weight is 437 g/mol. The van der Waals surface area contributed by atoms with Crippen molar-refractivity contribution < 1.29 is 10.2 Å². The predicted molar refractivity (Wildman–Crippen MR) is 131 cm³/mol. The molecule has 2 saturated carbocycles. The summed E-state index contributed by atoms with van der Waals surface area (Å²) in [7, 11) is 0. The van der Waals surface area contributed by atoms with Crippen molar-refractivity contribution in [3.63, 3.8) is 0 Å². The number of allylic oxidation sites excluding steroid dienone is 2. The number of hydrogen-bond acceptors (Lipinski definition) is 4. The van der Waals surface area contributed by atoms with Gasteiger partial charge in [-0.25, -0.2) is 0 Å². The monoisotopic (exact) mass is 436 g/mol. The minimum Gasteiger partial charge on any atom is -0.392 e. The van der Waals surface area contributed by atoms with Crippen LogP contribution in [0.5, 0.6) is 0 Å². The Kier molecular flexibility index (Phi) is 9.99. The minimum absolute atomic E-state index is 0.117. The molecule has 2 aliphatic carbocycles. The highest BCUT2D eigenvalue weighted by atomic mass is 16.3. The molecular formula is C28H40N2O2. The van der Waals surface area contributed by atoms with E-state index in [1.807, 2.05) is 32.3 Å². The Morgan fingerprint density at radius 2 is 2.06 bits per heavy atom. The molecule has 0 amide bonds. The zero-order valence-corrected chi connectivity index (χ0v) is 19.7. The summed E-state index contributed by atoms with van der Waals surface area (Å²) in [6, 6.07) is 4.10. The number of nitrogens with zero attached hydrogens (tertiary/aromatic N) is 1. The van der Waals surface area contributed by atoms with Crippen LogP contribution in [-0.2, 0) is 6.54 Å². The van der Waals surface area contributed by atoms with Crippen molar-refractivity contribution in [2.75, 3.05) is 6.54 Å². The van der Waals surface area contributed by atoms with Gasteiger partial charge in [0.1, 0.15) is 0 Å². The Morgan fingerprint density at radius 1 is 1.25 bits per heavy atom. The maximum atomic E-state index is 10.6. The van der Waals surface area contributed by atoms with E-state index in [1.165, 1.54) is 18.4 Å². The first kappa shape index (κ1) is 24.7. The molecule has 0 aromatic carbocycles. The first-order chi connectivity index (χ1) is 15.6. The zero-order valence-electron chi connectivity index (χ0n) is 19.7. The summed E-state index contributed by atoms with van der Waals surface area (Å²) in [6.45, 7) is 5.80. The second-order valence-electron chi connectivity index (χ2n) is 9.59. The van der Waals surface area contributed by atoms with Gasteiger partial charge in [0.05, 0.1) is 12.2 Å². The van der Waals surface area contributed by atoms with E-state index in [2.05, 4.69) is 46.4 Å². The number of pyridine rings is 1. The fourth-order valence-electron chi connectivity index (χ4n) is 5.19. The van der Waals surface area contributed by atoms with Crippen LogP contribution in [0.15, 0.2) is 48.3 Å². The second kappa shape index (κ2) is 12.9. The van der Waals surface area contributed by atoms with Crippen LogP contribution >= 0.6 is 0 Å². The van der Waals surface area contributed by atoms with Gasteiger partial charge in [0.25, 0.3) is 0 Å². The Hall–Kier alpha value is -1.93. The van der Waals surface area contributed by atoms with E-state index < -0.39 is 6.10 Å².